The Morgan fingerprint density at radius 3 is 0.854 bits per heavy atom. The predicted octanol–water partition coefficient (Wildman–Crippen LogP) is 3.78. The van der Waals surface area contributed by atoms with Crippen LogP contribution in [-0.4, -0.2) is 391 Å². The largest absolute Gasteiger partial charge is 0.483 e. The Balaban J connectivity index is 0.812. The number of phosphoric ester groups is 2. The van der Waals surface area contributed by atoms with Gasteiger partial charge in [-0.1, -0.05) is 128 Å². The summed E-state index contributed by atoms with van der Waals surface area (Å²) in [5, 5.41) is 229. The summed E-state index contributed by atoms with van der Waals surface area (Å²) in [4.78, 5) is 33.6. The van der Waals surface area contributed by atoms with Crippen molar-refractivity contribution in [2.24, 2.45) is 0 Å². The first-order valence-electron chi connectivity index (χ1n) is 49.5. The highest BCUT2D eigenvalue weighted by atomic mass is 31.3. The molecule has 7 aliphatic heterocycles. The number of esters is 1. The molecule has 0 saturated carbocycles. The van der Waals surface area contributed by atoms with E-state index in [0.717, 1.165) is 128 Å². The predicted molar refractivity (Wildman–Crippen MR) is 516 cm³/mol. The zero-order valence-electron chi connectivity index (χ0n) is 84.7. The summed E-state index contributed by atoms with van der Waals surface area (Å²) in [7, 11) is -11.4. The quantitative estimate of drug-likeness (QED) is 0.0234. The van der Waals surface area contributed by atoms with Gasteiger partial charge >= 0.3 is 21.6 Å². The van der Waals surface area contributed by atoms with Crippen LogP contribution < -0.4 is 0 Å². The van der Waals surface area contributed by atoms with Crippen molar-refractivity contribution < 1.29 is 211 Å². The number of carbonyl (C=O) groups is 1. The van der Waals surface area contributed by atoms with Crippen molar-refractivity contribution in [3.8, 4) is 0 Å². The third-order valence-corrected chi connectivity index (χ3v) is 29.0. The van der Waals surface area contributed by atoms with Crippen LogP contribution in [0.2, 0.25) is 0 Å². The van der Waals surface area contributed by atoms with Gasteiger partial charge in [-0.05, 0) is 212 Å². The number of carbonyl (C=O) groups excluding carboxylic acids is 1. The molecule has 0 aromatic rings. The van der Waals surface area contributed by atoms with Crippen molar-refractivity contribution in [3.63, 3.8) is 0 Å². The maximum Gasteiger partial charge on any atom is 0.483 e. The van der Waals surface area contributed by atoms with Gasteiger partial charge in [-0.25, -0.2) is 9.13 Å². The highest BCUT2D eigenvalue weighted by Crippen LogP contribution is 2.62. The van der Waals surface area contributed by atoms with E-state index < -0.39 is 289 Å². The van der Waals surface area contributed by atoms with Gasteiger partial charge in [0.1, 0.15) is 178 Å². The first-order valence-corrected chi connectivity index (χ1v) is 52.5. The molecule has 0 aliphatic carbocycles. The van der Waals surface area contributed by atoms with Crippen LogP contribution in [0.15, 0.2) is 128 Å². The molecule has 7 rings (SSSR count). The topological polar surface area (TPSA) is 673 Å². The molecule has 0 aromatic carbocycles. The van der Waals surface area contributed by atoms with Crippen molar-refractivity contribution in [1.82, 2.24) is 0 Å². The third kappa shape index (κ3) is 39.9. The van der Waals surface area contributed by atoms with E-state index in [1.165, 1.54) is 50.2 Å². The van der Waals surface area contributed by atoms with Crippen molar-refractivity contribution in [2.45, 2.75) is 433 Å². The molecule has 7 saturated heterocycles. The van der Waals surface area contributed by atoms with Crippen molar-refractivity contribution >= 4 is 21.6 Å². The summed E-state index contributed by atoms with van der Waals surface area (Å²) < 4.78 is 119. The van der Waals surface area contributed by atoms with Gasteiger partial charge in [0.15, 0.2) is 44.0 Å². The molecule has 144 heavy (non-hydrogen) atoms. The SMILES string of the molecule is C/C=C(/C)CC/C=C(/C)CC/C=C(/C)CC/C=C(/C)CC/C=C(/C)CC/C=C(/C)CC/C=C(/C)CC/C=C(/C)CC/C=C(\C)CC/C=C(\C)CC/C=C(\C)COP(=O)(O)OP(=O)(O)O[C@H]1O[C@H](CO)[C@H](O)[C@H](O[C@@H]2O[C@H](CO)[C@@H](O[C@@H]3O[C@H](COC(C)=O)[C@@H](O[C@@H]4O[C@H](CO[C@@H]5O[C@H](CO[C@@H]6O[C@H](CO)[C@@H](O)[C@H](O[C@@H]7O[C@H](CO)[C@@H](O)[C@H](O)[C@H]7O)[C@H]6O)[C@@H](O)[C@H](O)[C@H]5O)[C@@H](O)[C@H](O)[C@H]4O)[C@H](O)[C@H]3O)[C@H](O)[C@H]2O)[C@H]1O. The molecule has 7 aliphatic rings. The second-order valence-electron chi connectivity index (χ2n) is 38.7. The first kappa shape index (κ1) is 126. The molecule has 7 fully saturated rings. The summed E-state index contributed by atoms with van der Waals surface area (Å²) in [6.07, 6.45) is -26.9. The molecule has 0 amide bonds. The van der Waals surface area contributed by atoms with Crippen LogP contribution >= 0.6 is 15.6 Å². The molecule has 828 valence electrons. The van der Waals surface area contributed by atoms with Crippen LogP contribution in [0.3, 0.4) is 0 Å². The number of phosphoric acid groups is 2. The maximum atomic E-state index is 13.4. The zero-order valence-corrected chi connectivity index (χ0v) is 86.5. The Hall–Kier alpha value is -4.49. The summed E-state index contributed by atoms with van der Waals surface area (Å²) >= 11 is 0. The average Bonchev–Trinajstić information content (AvgIpc) is 0.774. The number of rotatable bonds is 57. The number of ether oxygens (including phenoxy) is 14. The monoisotopic (exact) mass is 2100 g/mol. The fraction of sp³-hybridized carbons (Fsp3) is 0.768. The standard InChI is InChI=1S/C99H164O43P2/c1-14-53(2)25-15-26-54(3)27-16-28-55(4)29-17-30-56(5)31-18-32-57(6)33-19-34-58(7)35-20-36-59(8)37-21-38-60(9)39-22-40-61(10)41-23-42-62(11)43-24-44-63(12)49-129-143(122,123)142-144(124,125)141-99-88(121)92(76(109)67(47-102)132-99)140-97-85(118)80(113)89(68(48-103)133-97)137-98-86(119)81(114)90(71(136-98)52-126-64(13)104)138-96-84(117)79(112)74(107)70(135-96)51-127-93-82(115)78(111)73(106)69(134-93)50-128-94-87(120)91(75(108)66(46-101)130-94)139-95-83(116)77(110)72(105)65(45-100)131-95/h14,26,28,30,32,34,36,38,40,42,44,65-103,105-121H,15-25,27,29,31,33,35,37,39,41,43,45-52H2,1-13H3,(H,122,123)(H,124,125)/b53-14-,54-26-,55-28-,56-30-,57-32-,58-34-,59-36-,60-38-,61-40+,62-42+,63-44+/t65-,66-,67-,68-,69-,70-,71-,72-,73-,74-,75-,76+,77+,78+,79+,80-,81-,82-,83-,84-,85-,86-,87-,88-,89-,90-,91+,92+,93-,94-,95+,96+,97+,98+,99-/m1/s1. The normalized spacial score (nSPS) is 36.8. The Bertz CT molecular complexity index is 4300. The van der Waals surface area contributed by atoms with Gasteiger partial charge in [0.25, 0.3) is 0 Å². The molecule has 0 spiro atoms. The summed E-state index contributed by atoms with van der Waals surface area (Å²) in [5.74, 6) is -0.977. The highest BCUT2D eigenvalue weighted by Gasteiger charge is 2.59. The van der Waals surface area contributed by atoms with E-state index in [1.807, 2.05) is 6.92 Å². The van der Waals surface area contributed by atoms with E-state index in [-0.39, 0.29) is 0 Å². The van der Waals surface area contributed by atoms with Crippen LogP contribution in [0, 0.1) is 0 Å². The second-order valence-corrected chi connectivity index (χ2v) is 41.7. The van der Waals surface area contributed by atoms with Crippen LogP contribution in [0.25, 0.3) is 0 Å². The fourth-order valence-electron chi connectivity index (χ4n) is 17.1. The van der Waals surface area contributed by atoms with Gasteiger partial charge in [-0.2, -0.15) is 4.31 Å². The number of allylic oxidation sites excluding steroid dienone is 21. The van der Waals surface area contributed by atoms with E-state index in [9.17, 15) is 131 Å². The molecule has 0 radical (unpaired) electrons. The highest BCUT2D eigenvalue weighted by molar-refractivity contribution is 7.61. The lowest BCUT2D eigenvalue weighted by Crippen LogP contribution is -2.67. The van der Waals surface area contributed by atoms with E-state index in [4.69, 9.17) is 75.4 Å². The van der Waals surface area contributed by atoms with Crippen LogP contribution in [0.1, 0.15) is 218 Å². The molecule has 2 unspecified atom stereocenters. The minimum Gasteiger partial charge on any atom is -0.463 e. The van der Waals surface area contributed by atoms with Gasteiger partial charge in [0.05, 0.1) is 46.2 Å². The fourth-order valence-corrected chi connectivity index (χ4v) is 19.3. The van der Waals surface area contributed by atoms with E-state index in [1.54, 1.807) is 13.0 Å². The molecule has 0 aromatic heterocycles. The summed E-state index contributed by atoms with van der Waals surface area (Å²) in [5.41, 5.74) is 14.4. The Kier molecular flexibility index (Phi) is 55.0. The number of hydrogen-bond acceptors (Lipinski definition) is 41. The zero-order chi connectivity index (χ0) is 107. The lowest BCUT2D eigenvalue weighted by Gasteiger charge is -2.49. The lowest BCUT2D eigenvalue weighted by atomic mass is 9.95. The van der Waals surface area contributed by atoms with Crippen LogP contribution in [0.5, 0.6) is 0 Å². The second kappa shape index (κ2) is 62.6. The first-order chi connectivity index (χ1) is 68.1. The van der Waals surface area contributed by atoms with Crippen LogP contribution in [0.4, 0.5) is 0 Å². The summed E-state index contributed by atoms with van der Waals surface area (Å²) in [6, 6.07) is 0. The molecule has 0 bridgehead atoms. The van der Waals surface area contributed by atoms with Crippen molar-refractivity contribution in [1.29, 1.82) is 0 Å². The smallest absolute Gasteiger partial charge is 0.463 e. The number of aliphatic hydroxyl groups is 21. The number of aliphatic hydroxyl groups excluding tert-OH is 21. The molecule has 23 N–H and O–H groups in total. The average molecular weight is 2100 g/mol. The van der Waals surface area contributed by atoms with E-state index >= 15 is 0 Å². The van der Waals surface area contributed by atoms with Gasteiger partial charge < -0.3 is 183 Å². The molecule has 7 heterocycles. The molecular formula is C99H164O43P2. The van der Waals surface area contributed by atoms with E-state index in [2.05, 4.69) is 134 Å². The molecule has 37 atom stereocenters. The van der Waals surface area contributed by atoms with Crippen molar-refractivity contribution in [2.75, 3.05) is 52.9 Å². The minimum absolute atomic E-state index is 0.434. The lowest BCUT2D eigenvalue weighted by molar-refractivity contribution is -0.388. The molecular weight excluding hydrogens is 1940 g/mol. The summed E-state index contributed by atoms with van der Waals surface area (Å²) in [6.45, 7) is 19.2. The Labute approximate surface area is 842 Å². The van der Waals surface area contributed by atoms with E-state index in [0.29, 0.717) is 18.4 Å². The Morgan fingerprint density at radius 2 is 0.514 bits per heavy atom. The minimum atomic E-state index is -5.87. The van der Waals surface area contributed by atoms with Crippen LogP contribution in [-0.2, 0) is 93.6 Å². The van der Waals surface area contributed by atoms with Gasteiger partial charge in [0.2, 0.25) is 0 Å². The van der Waals surface area contributed by atoms with Gasteiger partial charge in [-0.15, -0.1) is 0 Å². The van der Waals surface area contributed by atoms with Crippen molar-refractivity contribution in [3.05, 3.63) is 128 Å². The van der Waals surface area contributed by atoms with Gasteiger partial charge in [0, 0.05) is 6.92 Å². The van der Waals surface area contributed by atoms with Gasteiger partial charge in [-0.3, -0.25) is 13.8 Å². The third-order valence-electron chi connectivity index (χ3n) is 26.5. The Morgan fingerprint density at radius 1 is 0.264 bits per heavy atom. The molecule has 43 nitrogen and oxygen atoms in total. The maximum absolute atomic E-state index is 13.4. The molecule has 45 heteroatoms. The number of hydrogen-bond donors (Lipinski definition) is 23.